The first-order chi connectivity index (χ1) is 4.33. The second-order valence-electron chi connectivity index (χ2n) is 2.16. The topological polar surface area (TPSA) is 18.5 Å². The first kappa shape index (κ1) is 7.51. The smallest absolute Gasteiger partial charge is 0.114 e. The second kappa shape index (κ2) is 3.54. The van der Waals surface area contributed by atoms with Crippen molar-refractivity contribution in [3.05, 3.63) is 0 Å². The minimum atomic E-state index is 0.205. The van der Waals surface area contributed by atoms with E-state index in [1.54, 1.807) is 7.11 Å². The highest BCUT2D eigenvalue weighted by molar-refractivity contribution is 9.09. The summed E-state index contributed by atoms with van der Waals surface area (Å²) in [4.78, 5) is 0. The van der Waals surface area contributed by atoms with E-state index in [4.69, 9.17) is 9.47 Å². The van der Waals surface area contributed by atoms with Gasteiger partial charge in [0.25, 0.3) is 0 Å². The van der Waals surface area contributed by atoms with E-state index >= 15 is 0 Å². The van der Waals surface area contributed by atoms with E-state index in [9.17, 15) is 0 Å². The fourth-order valence-corrected chi connectivity index (χ4v) is 1.54. The fourth-order valence-electron chi connectivity index (χ4n) is 0.934. The van der Waals surface area contributed by atoms with Gasteiger partial charge in [0, 0.05) is 13.5 Å². The number of rotatable bonds is 1. The van der Waals surface area contributed by atoms with Crippen molar-refractivity contribution in [3.63, 3.8) is 0 Å². The van der Waals surface area contributed by atoms with Crippen LogP contribution in [0.15, 0.2) is 0 Å². The van der Waals surface area contributed by atoms with Crippen LogP contribution in [0.4, 0.5) is 0 Å². The lowest BCUT2D eigenvalue weighted by atomic mass is 10.2. The Morgan fingerprint density at radius 2 is 2.44 bits per heavy atom. The lowest BCUT2D eigenvalue weighted by molar-refractivity contribution is -0.0211. The minimum Gasteiger partial charge on any atom is -0.381 e. The highest BCUT2D eigenvalue weighted by Crippen LogP contribution is 2.19. The van der Waals surface area contributed by atoms with Crippen molar-refractivity contribution in [2.45, 2.75) is 24.0 Å². The molecule has 0 radical (unpaired) electrons. The number of ether oxygens (including phenoxy) is 2. The summed E-state index contributed by atoms with van der Waals surface area (Å²) in [5.74, 6) is 0. The average Bonchev–Trinajstić information content (AvgIpc) is 1.88. The van der Waals surface area contributed by atoms with Gasteiger partial charge in [0.2, 0.25) is 0 Å². The highest BCUT2D eigenvalue weighted by atomic mass is 79.9. The summed E-state index contributed by atoms with van der Waals surface area (Å²) in [6, 6.07) is 0. The molecule has 2 atom stereocenters. The van der Waals surface area contributed by atoms with Gasteiger partial charge >= 0.3 is 0 Å². The zero-order valence-corrected chi connectivity index (χ0v) is 7.06. The third-order valence-electron chi connectivity index (χ3n) is 1.52. The molecule has 0 aromatic heterocycles. The Labute approximate surface area is 63.7 Å². The van der Waals surface area contributed by atoms with E-state index < -0.39 is 0 Å². The first-order valence-electron chi connectivity index (χ1n) is 3.11. The lowest BCUT2D eigenvalue weighted by Gasteiger charge is -2.24. The van der Waals surface area contributed by atoms with Gasteiger partial charge in [-0.15, -0.1) is 0 Å². The molecule has 9 heavy (non-hydrogen) atoms. The summed E-state index contributed by atoms with van der Waals surface area (Å²) in [6.45, 7) is 0.814. The third-order valence-corrected chi connectivity index (χ3v) is 2.16. The Hall–Kier alpha value is 0.400. The minimum absolute atomic E-state index is 0.205. The van der Waals surface area contributed by atoms with Gasteiger partial charge in [0.05, 0.1) is 12.7 Å². The van der Waals surface area contributed by atoms with E-state index in [2.05, 4.69) is 15.9 Å². The van der Waals surface area contributed by atoms with Crippen molar-refractivity contribution in [1.82, 2.24) is 0 Å². The lowest BCUT2D eigenvalue weighted by Crippen LogP contribution is -2.26. The van der Waals surface area contributed by atoms with Crippen molar-refractivity contribution in [3.8, 4) is 0 Å². The zero-order valence-electron chi connectivity index (χ0n) is 5.47. The van der Waals surface area contributed by atoms with E-state index in [0.29, 0.717) is 6.10 Å². The maximum atomic E-state index is 5.25. The molecule has 0 aliphatic carbocycles. The average molecular weight is 195 g/mol. The molecular formula is C6H11BrO2. The van der Waals surface area contributed by atoms with Gasteiger partial charge < -0.3 is 9.47 Å². The van der Waals surface area contributed by atoms with Gasteiger partial charge in [-0.25, -0.2) is 0 Å². The molecule has 1 saturated heterocycles. The van der Waals surface area contributed by atoms with E-state index in [-0.39, 0.29) is 5.01 Å². The number of alkyl halides is 1. The van der Waals surface area contributed by atoms with E-state index in [1.165, 1.54) is 0 Å². The van der Waals surface area contributed by atoms with Gasteiger partial charge in [-0.05, 0) is 6.42 Å². The van der Waals surface area contributed by atoms with Crippen LogP contribution in [0.2, 0.25) is 0 Å². The maximum absolute atomic E-state index is 5.25. The molecule has 0 saturated carbocycles. The van der Waals surface area contributed by atoms with Crippen LogP contribution in [-0.4, -0.2) is 24.8 Å². The monoisotopic (exact) mass is 194 g/mol. The molecule has 0 aromatic carbocycles. The molecule has 3 heteroatoms. The van der Waals surface area contributed by atoms with Crippen LogP contribution >= 0.6 is 15.9 Å². The van der Waals surface area contributed by atoms with Crippen LogP contribution in [0.5, 0.6) is 0 Å². The molecule has 1 heterocycles. The number of hydrogen-bond acceptors (Lipinski definition) is 2. The zero-order chi connectivity index (χ0) is 6.69. The fraction of sp³-hybridized carbons (Fsp3) is 1.00. The number of halogens is 1. The molecule has 0 bridgehead atoms. The molecule has 1 aliphatic heterocycles. The van der Waals surface area contributed by atoms with Gasteiger partial charge in [0.15, 0.2) is 0 Å². The predicted molar refractivity (Wildman–Crippen MR) is 38.7 cm³/mol. The maximum Gasteiger partial charge on any atom is 0.114 e. The summed E-state index contributed by atoms with van der Waals surface area (Å²) in [5, 5.41) is 0.205. The second-order valence-corrected chi connectivity index (χ2v) is 3.18. The summed E-state index contributed by atoms with van der Waals surface area (Å²) in [6.07, 6.45) is 2.39. The molecule has 0 N–H and O–H groups in total. The molecule has 1 aliphatic rings. The molecule has 54 valence electrons. The largest absolute Gasteiger partial charge is 0.381 e. The Bertz CT molecular complexity index is 87.1. The first-order valence-corrected chi connectivity index (χ1v) is 4.03. The van der Waals surface area contributed by atoms with Crippen molar-refractivity contribution >= 4 is 15.9 Å². The van der Waals surface area contributed by atoms with Crippen molar-refractivity contribution < 1.29 is 9.47 Å². The summed E-state index contributed by atoms with van der Waals surface area (Å²) in [7, 11) is 1.75. The standard InChI is InChI=1S/C6H11BrO2/c1-8-5-2-3-9-6(7)4-5/h5-6H,2-4H2,1H3. The quantitative estimate of drug-likeness (QED) is 0.590. The summed E-state index contributed by atoms with van der Waals surface area (Å²) in [5.41, 5.74) is 0. The van der Waals surface area contributed by atoms with Crippen LogP contribution in [-0.2, 0) is 9.47 Å². The Balaban J connectivity index is 2.23. The van der Waals surface area contributed by atoms with Crippen LogP contribution in [0, 0.1) is 0 Å². The predicted octanol–water partition coefficient (Wildman–Crippen LogP) is 1.53. The van der Waals surface area contributed by atoms with Gasteiger partial charge in [-0.1, -0.05) is 15.9 Å². The molecule has 1 fully saturated rings. The van der Waals surface area contributed by atoms with Crippen LogP contribution in [0.3, 0.4) is 0 Å². The SMILES string of the molecule is COC1CCOC(Br)C1. The molecule has 1 rings (SSSR count). The van der Waals surface area contributed by atoms with Gasteiger partial charge in [-0.2, -0.15) is 0 Å². The summed E-state index contributed by atoms with van der Waals surface area (Å²) < 4.78 is 10.4. The Kier molecular flexibility index (Phi) is 2.95. The number of hydrogen-bond donors (Lipinski definition) is 0. The molecule has 2 unspecified atom stereocenters. The molecule has 0 amide bonds. The Morgan fingerprint density at radius 3 is 2.89 bits per heavy atom. The van der Waals surface area contributed by atoms with Crippen molar-refractivity contribution in [2.24, 2.45) is 0 Å². The van der Waals surface area contributed by atoms with Crippen molar-refractivity contribution in [1.29, 1.82) is 0 Å². The molecule has 0 aromatic rings. The molecule has 0 spiro atoms. The highest BCUT2D eigenvalue weighted by Gasteiger charge is 2.19. The summed E-state index contributed by atoms with van der Waals surface area (Å²) >= 11 is 3.37. The van der Waals surface area contributed by atoms with E-state index in [1.807, 2.05) is 0 Å². The molecular weight excluding hydrogens is 184 g/mol. The van der Waals surface area contributed by atoms with Crippen molar-refractivity contribution in [2.75, 3.05) is 13.7 Å². The van der Waals surface area contributed by atoms with Crippen LogP contribution < -0.4 is 0 Å². The number of methoxy groups -OCH3 is 1. The van der Waals surface area contributed by atoms with Gasteiger partial charge in [0.1, 0.15) is 5.01 Å². The van der Waals surface area contributed by atoms with Gasteiger partial charge in [-0.3, -0.25) is 0 Å². The normalized spacial score (nSPS) is 36.7. The Morgan fingerprint density at radius 1 is 1.67 bits per heavy atom. The van der Waals surface area contributed by atoms with Crippen LogP contribution in [0.25, 0.3) is 0 Å². The van der Waals surface area contributed by atoms with Crippen LogP contribution in [0.1, 0.15) is 12.8 Å². The molecule has 2 nitrogen and oxygen atoms in total. The third kappa shape index (κ3) is 2.24. The van der Waals surface area contributed by atoms with E-state index in [0.717, 1.165) is 19.4 Å².